The van der Waals surface area contributed by atoms with Crippen LogP contribution in [0.4, 0.5) is 51.4 Å². The highest BCUT2D eigenvalue weighted by atomic mass is 16.3. The van der Waals surface area contributed by atoms with Gasteiger partial charge in [0.25, 0.3) is 0 Å². The first-order chi connectivity index (χ1) is 31.7. The van der Waals surface area contributed by atoms with Crippen molar-refractivity contribution < 1.29 is 5.11 Å². The molecule has 10 aromatic rings. The largest absolute Gasteiger partial charge is 0.506 e. The van der Waals surface area contributed by atoms with Crippen molar-refractivity contribution in [1.29, 1.82) is 0 Å². The van der Waals surface area contributed by atoms with Crippen LogP contribution in [0.1, 0.15) is 0 Å². The van der Waals surface area contributed by atoms with E-state index >= 15 is 0 Å². The van der Waals surface area contributed by atoms with E-state index in [0.29, 0.717) is 11.5 Å². The van der Waals surface area contributed by atoms with E-state index in [2.05, 4.69) is 172 Å². The minimum Gasteiger partial charge on any atom is -0.506 e. The summed E-state index contributed by atoms with van der Waals surface area (Å²) in [5.41, 5.74) is 12.1. The highest BCUT2D eigenvalue weighted by molar-refractivity contribution is 5.92. The third-order valence-electron chi connectivity index (χ3n) is 11.2. The number of aromatic hydroxyl groups is 1. The Morgan fingerprint density at radius 2 is 0.797 bits per heavy atom. The number of phenolic OH excluding ortho intramolecular Hbond substituents is 1. The summed E-state index contributed by atoms with van der Waals surface area (Å²) < 4.78 is 0. The third kappa shape index (κ3) is 8.07. The molecule has 0 aliphatic rings. The molecule has 8 aromatic carbocycles. The number of hydrogen-bond acceptors (Lipinski definition) is 6. The fourth-order valence-electron chi connectivity index (χ4n) is 8.27. The number of anilines is 9. The van der Waals surface area contributed by atoms with Crippen LogP contribution < -0.4 is 14.7 Å². The highest BCUT2D eigenvalue weighted by Gasteiger charge is 2.25. The van der Waals surface area contributed by atoms with E-state index in [0.717, 1.165) is 73.5 Å². The molecule has 0 aliphatic carbocycles. The van der Waals surface area contributed by atoms with E-state index < -0.39 is 0 Å². The molecule has 2 aromatic heterocycles. The zero-order chi connectivity index (χ0) is 43.1. The van der Waals surface area contributed by atoms with Crippen molar-refractivity contribution in [3.8, 4) is 39.3 Å². The molecule has 0 spiro atoms. The number of benzene rings is 8. The van der Waals surface area contributed by atoms with Gasteiger partial charge in [0.1, 0.15) is 17.4 Å². The number of para-hydroxylation sites is 6. The summed E-state index contributed by atoms with van der Waals surface area (Å²) in [5, 5.41) is 11.7. The highest BCUT2D eigenvalue weighted by Crippen LogP contribution is 2.47. The van der Waals surface area contributed by atoms with E-state index in [1.165, 1.54) is 0 Å². The van der Waals surface area contributed by atoms with Gasteiger partial charge in [-0.1, -0.05) is 164 Å². The number of rotatable bonds is 12. The van der Waals surface area contributed by atoms with Crippen LogP contribution in [-0.2, 0) is 0 Å². The van der Waals surface area contributed by atoms with Crippen LogP contribution in [-0.4, -0.2) is 15.1 Å². The van der Waals surface area contributed by atoms with E-state index in [9.17, 15) is 5.11 Å². The standard InChI is InChI=1S/C58H43N5O/c64-56-37-18-17-36-55(56)63(54-35-16-14-33-51(54)44-24-7-2-8-25-44)58-42-49(61(46-27-9-3-10-28-46)47-29-11-4-12-30-47)41-52(60-58)45-26-21-31-48(40-45)62(57-38-19-20-39-59-57)53-34-15-13-32-50(53)43-22-5-1-6-23-43/h1-42,64H. The second-order valence-electron chi connectivity index (χ2n) is 15.2. The summed E-state index contributed by atoms with van der Waals surface area (Å²) in [7, 11) is 0. The fraction of sp³-hybridized carbons (Fsp3) is 0. The normalized spacial score (nSPS) is 10.9. The topological polar surface area (TPSA) is 55.7 Å². The first-order valence-corrected chi connectivity index (χ1v) is 21.3. The van der Waals surface area contributed by atoms with Crippen LogP contribution in [0.15, 0.2) is 255 Å². The van der Waals surface area contributed by atoms with E-state index in [4.69, 9.17) is 9.97 Å². The summed E-state index contributed by atoms with van der Waals surface area (Å²) in [6, 6.07) is 84.5. The van der Waals surface area contributed by atoms with Gasteiger partial charge in [0.05, 0.1) is 28.4 Å². The molecule has 0 radical (unpaired) electrons. The monoisotopic (exact) mass is 825 g/mol. The summed E-state index contributed by atoms with van der Waals surface area (Å²) in [4.78, 5) is 17.0. The first-order valence-electron chi connectivity index (χ1n) is 21.3. The zero-order valence-corrected chi connectivity index (χ0v) is 34.9. The predicted molar refractivity (Wildman–Crippen MR) is 264 cm³/mol. The SMILES string of the molecule is Oc1ccccc1N(c1cc(N(c2ccccc2)c2ccccc2)cc(-c2cccc(N(c3ccccn3)c3ccccc3-c3ccccc3)c2)n1)c1ccccc1-c1ccccc1. The van der Waals surface area contributed by atoms with Gasteiger partial charge in [0.2, 0.25) is 0 Å². The van der Waals surface area contributed by atoms with Gasteiger partial charge < -0.3 is 10.0 Å². The molecule has 306 valence electrons. The molecule has 10 rings (SSSR count). The molecule has 0 amide bonds. The van der Waals surface area contributed by atoms with Gasteiger partial charge in [-0.3, -0.25) is 9.80 Å². The molecule has 0 saturated carbocycles. The fourth-order valence-corrected chi connectivity index (χ4v) is 8.27. The molecule has 2 heterocycles. The Morgan fingerprint density at radius 3 is 1.38 bits per heavy atom. The van der Waals surface area contributed by atoms with Gasteiger partial charge in [-0.2, -0.15) is 0 Å². The van der Waals surface area contributed by atoms with Crippen molar-refractivity contribution in [2.75, 3.05) is 14.7 Å². The van der Waals surface area contributed by atoms with Gasteiger partial charge in [-0.05, 0) is 90.0 Å². The van der Waals surface area contributed by atoms with Gasteiger partial charge in [0.15, 0.2) is 0 Å². The summed E-state index contributed by atoms with van der Waals surface area (Å²) in [6.07, 6.45) is 1.83. The van der Waals surface area contributed by atoms with Crippen LogP contribution >= 0.6 is 0 Å². The Morgan fingerprint density at radius 1 is 0.312 bits per heavy atom. The molecule has 0 aliphatic heterocycles. The minimum atomic E-state index is 0.132. The predicted octanol–water partition coefficient (Wildman–Crippen LogP) is 15.6. The lowest BCUT2D eigenvalue weighted by molar-refractivity contribution is 0.476. The van der Waals surface area contributed by atoms with Crippen LogP contribution in [0.3, 0.4) is 0 Å². The van der Waals surface area contributed by atoms with Gasteiger partial charge in [0, 0.05) is 46.0 Å². The quantitative estimate of drug-likeness (QED) is 0.132. The smallest absolute Gasteiger partial charge is 0.140 e. The molecule has 0 bridgehead atoms. The second-order valence-corrected chi connectivity index (χ2v) is 15.2. The Balaban J connectivity index is 1.22. The molecule has 6 nitrogen and oxygen atoms in total. The number of pyridine rings is 2. The van der Waals surface area contributed by atoms with Crippen molar-refractivity contribution in [3.63, 3.8) is 0 Å². The molecule has 6 heteroatoms. The molecule has 1 N–H and O–H groups in total. The minimum absolute atomic E-state index is 0.132. The van der Waals surface area contributed by atoms with E-state index in [1.807, 2.05) is 91.1 Å². The summed E-state index contributed by atoms with van der Waals surface area (Å²) >= 11 is 0. The Hall–Kier alpha value is -8.74. The number of aromatic nitrogens is 2. The Labute approximate surface area is 373 Å². The van der Waals surface area contributed by atoms with Crippen molar-refractivity contribution in [2.24, 2.45) is 0 Å². The molecule has 64 heavy (non-hydrogen) atoms. The molecule has 0 unspecified atom stereocenters. The molecule has 0 atom stereocenters. The number of nitrogens with zero attached hydrogens (tertiary/aromatic N) is 5. The lowest BCUT2D eigenvalue weighted by Crippen LogP contribution is -2.16. The number of phenols is 1. The third-order valence-corrected chi connectivity index (χ3v) is 11.2. The maximum Gasteiger partial charge on any atom is 0.140 e. The average Bonchev–Trinajstić information content (AvgIpc) is 3.37. The summed E-state index contributed by atoms with van der Waals surface area (Å²) in [6.45, 7) is 0. The van der Waals surface area contributed by atoms with Crippen LogP contribution in [0.2, 0.25) is 0 Å². The van der Waals surface area contributed by atoms with Crippen LogP contribution in [0.5, 0.6) is 5.75 Å². The van der Waals surface area contributed by atoms with Crippen LogP contribution in [0.25, 0.3) is 33.5 Å². The lowest BCUT2D eigenvalue weighted by atomic mass is 10.0. The van der Waals surface area contributed by atoms with Crippen LogP contribution in [0, 0.1) is 0 Å². The van der Waals surface area contributed by atoms with Gasteiger partial charge >= 0.3 is 0 Å². The zero-order valence-electron chi connectivity index (χ0n) is 34.9. The van der Waals surface area contributed by atoms with Crippen molar-refractivity contribution in [2.45, 2.75) is 0 Å². The maximum atomic E-state index is 11.7. The Bertz CT molecular complexity index is 3090. The van der Waals surface area contributed by atoms with E-state index in [1.54, 1.807) is 6.07 Å². The first kappa shape index (κ1) is 39.4. The van der Waals surface area contributed by atoms with Crippen molar-refractivity contribution >= 4 is 51.4 Å². The molecule has 0 fully saturated rings. The van der Waals surface area contributed by atoms with Crippen molar-refractivity contribution in [3.05, 3.63) is 255 Å². The average molecular weight is 826 g/mol. The molecular formula is C58H43N5O. The lowest BCUT2D eigenvalue weighted by Gasteiger charge is -2.31. The maximum absolute atomic E-state index is 11.7. The Kier molecular flexibility index (Phi) is 11.1. The summed E-state index contributed by atoms with van der Waals surface area (Å²) in [5.74, 6) is 1.54. The van der Waals surface area contributed by atoms with Gasteiger partial charge in [-0.15, -0.1) is 0 Å². The molecular weight excluding hydrogens is 783 g/mol. The second kappa shape index (κ2) is 18.1. The van der Waals surface area contributed by atoms with Gasteiger partial charge in [-0.25, -0.2) is 9.97 Å². The number of hydrogen-bond donors (Lipinski definition) is 1. The van der Waals surface area contributed by atoms with Crippen molar-refractivity contribution in [1.82, 2.24) is 9.97 Å². The van der Waals surface area contributed by atoms with E-state index in [-0.39, 0.29) is 5.75 Å². The molecule has 0 saturated heterocycles.